The molecule has 14 nitrogen and oxygen atoms in total. The number of carbonyl (C=O) groups excluding carboxylic acids is 4. The quantitative estimate of drug-likeness (QED) is 0.437. The highest BCUT2D eigenvalue weighted by Gasteiger charge is 2.39. The highest BCUT2D eigenvalue weighted by Crippen LogP contribution is 2.34. The number of alkyl carbamates (subject to hydrolysis) is 1. The number of phenolic OH excluding ortho intramolecular Hbond substituents is 1. The molecule has 1 aliphatic rings. The van der Waals surface area contributed by atoms with Crippen molar-refractivity contribution in [1.82, 2.24) is 20.1 Å². The van der Waals surface area contributed by atoms with Crippen molar-refractivity contribution < 1.29 is 51.7 Å². The van der Waals surface area contributed by atoms with Crippen LogP contribution >= 0.6 is 0 Å². The van der Waals surface area contributed by atoms with Crippen LogP contribution in [0.3, 0.4) is 0 Å². The lowest BCUT2D eigenvalue weighted by Gasteiger charge is -2.38. The van der Waals surface area contributed by atoms with Gasteiger partial charge in [-0.05, 0) is 45.9 Å². The highest BCUT2D eigenvalue weighted by molar-refractivity contribution is 5.97. The van der Waals surface area contributed by atoms with Gasteiger partial charge in [0.1, 0.15) is 11.6 Å². The lowest BCUT2D eigenvalue weighted by molar-refractivity contribution is -0.124. The second-order valence-corrected chi connectivity index (χ2v) is 9.99. The third-order valence-corrected chi connectivity index (χ3v) is 5.81. The molecule has 0 saturated carbocycles. The van der Waals surface area contributed by atoms with Crippen molar-refractivity contribution in [2.45, 2.75) is 52.0 Å². The minimum atomic E-state index is -3.18. The number of aromatic hydroxyl groups is 1. The SMILES string of the molecule is COC(=O)N1CCN(C(=O)c2nc(-c3ccc(OC(F)F)c(O)c3)oc2[C@H](C)NC(=O)OC(C)(C)C)C(C(N)=O)C1. The van der Waals surface area contributed by atoms with Crippen molar-refractivity contribution in [3.05, 3.63) is 29.7 Å². The Labute approximate surface area is 233 Å². The third-order valence-electron chi connectivity index (χ3n) is 5.81. The number of hydrogen-bond acceptors (Lipinski definition) is 10. The summed E-state index contributed by atoms with van der Waals surface area (Å²) in [6, 6.07) is 1.11. The van der Waals surface area contributed by atoms with Gasteiger partial charge in [0.2, 0.25) is 11.8 Å². The average molecular weight is 584 g/mol. The van der Waals surface area contributed by atoms with E-state index in [9.17, 15) is 33.1 Å². The van der Waals surface area contributed by atoms with E-state index in [-0.39, 0.29) is 42.5 Å². The summed E-state index contributed by atoms with van der Waals surface area (Å²) < 4.78 is 45.2. The van der Waals surface area contributed by atoms with Gasteiger partial charge in [0, 0.05) is 18.7 Å². The Morgan fingerprint density at radius 1 is 1.22 bits per heavy atom. The molecule has 41 heavy (non-hydrogen) atoms. The van der Waals surface area contributed by atoms with Crippen LogP contribution in [0.15, 0.2) is 22.6 Å². The number of amides is 4. The van der Waals surface area contributed by atoms with Crippen molar-refractivity contribution in [2.75, 3.05) is 26.7 Å². The van der Waals surface area contributed by atoms with Crippen LogP contribution in [0.1, 0.15) is 50.0 Å². The second kappa shape index (κ2) is 12.3. The minimum Gasteiger partial charge on any atom is -0.504 e. The van der Waals surface area contributed by atoms with Gasteiger partial charge < -0.3 is 44.6 Å². The van der Waals surface area contributed by atoms with E-state index in [1.54, 1.807) is 20.8 Å². The van der Waals surface area contributed by atoms with Gasteiger partial charge in [-0.1, -0.05) is 0 Å². The Morgan fingerprint density at radius 2 is 1.90 bits per heavy atom. The van der Waals surface area contributed by atoms with Gasteiger partial charge in [0.25, 0.3) is 5.91 Å². The van der Waals surface area contributed by atoms with E-state index >= 15 is 0 Å². The Kier molecular flexibility index (Phi) is 9.24. The van der Waals surface area contributed by atoms with Crippen LogP contribution < -0.4 is 15.8 Å². The zero-order valence-corrected chi connectivity index (χ0v) is 23.0. The first kappa shape index (κ1) is 30.9. The van der Waals surface area contributed by atoms with Crippen LogP contribution in [0.25, 0.3) is 11.5 Å². The molecule has 0 radical (unpaired) electrons. The molecule has 1 aromatic heterocycles. The summed E-state index contributed by atoms with van der Waals surface area (Å²) in [5, 5.41) is 12.7. The molecule has 1 aromatic carbocycles. The van der Waals surface area contributed by atoms with Gasteiger partial charge in [-0.3, -0.25) is 9.59 Å². The van der Waals surface area contributed by atoms with Gasteiger partial charge in [-0.25, -0.2) is 14.6 Å². The lowest BCUT2D eigenvalue weighted by atomic mass is 10.1. The largest absolute Gasteiger partial charge is 0.504 e. The number of phenols is 1. The maximum absolute atomic E-state index is 13.8. The predicted octanol–water partition coefficient (Wildman–Crippen LogP) is 2.61. The van der Waals surface area contributed by atoms with Crippen molar-refractivity contribution in [3.63, 3.8) is 0 Å². The van der Waals surface area contributed by atoms with Crippen LogP contribution in [-0.2, 0) is 14.3 Å². The molecular weight excluding hydrogens is 552 g/mol. The number of hydrogen-bond donors (Lipinski definition) is 3. The molecule has 16 heteroatoms. The van der Waals surface area contributed by atoms with Gasteiger partial charge in [0.05, 0.1) is 19.7 Å². The Bertz CT molecular complexity index is 1310. The number of primary amides is 1. The number of nitrogens with one attached hydrogen (secondary N) is 1. The monoisotopic (exact) mass is 583 g/mol. The molecule has 1 saturated heterocycles. The number of carbonyl (C=O) groups is 4. The molecule has 4 N–H and O–H groups in total. The predicted molar refractivity (Wildman–Crippen MR) is 136 cm³/mol. The summed E-state index contributed by atoms with van der Waals surface area (Å²) in [6.45, 7) is 2.95. The molecule has 0 spiro atoms. The standard InChI is InChI=1S/C25H31F2N5O9/c1-12(29-23(36)41-25(2,3)4)18-17(21(35)32-9-8-31(24(37)38-5)11-14(32)19(28)34)30-20(40-18)13-6-7-16(15(33)10-13)39-22(26)27/h6-7,10,12,14,22,33H,8-9,11H2,1-5H3,(H2,28,34)(H,29,36)/t12-,14?/m0/s1. The summed E-state index contributed by atoms with van der Waals surface area (Å²) in [6.07, 6.45) is -1.53. The number of nitrogens with two attached hydrogens (primary N) is 1. The van der Waals surface area contributed by atoms with Crippen LogP contribution in [0.5, 0.6) is 11.5 Å². The smallest absolute Gasteiger partial charge is 0.409 e. The second-order valence-electron chi connectivity index (χ2n) is 9.99. The fourth-order valence-corrected chi connectivity index (χ4v) is 4.00. The van der Waals surface area contributed by atoms with Crippen LogP contribution in [0, 0.1) is 0 Å². The van der Waals surface area contributed by atoms with E-state index < -0.39 is 59.8 Å². The van der Waals surface area contributed by atoms with Crippen LogP contribution in [0.2, 0.25) is 0 Å². The zero-order valence-electron chi connectivity index (χ0n) is 23.0. The summed E-state index contributed by atoms with van der Waals surface area (Å²) >= 11 is 0. The highest BCUT2D eigenvalue weighted by atomic mass is 19.3. The van der Waals surface area contributed by atoms with Crippen molar-refractivity contribution >= 4 is 24.0 Å². The Balaban J connectivity index is 2.01. The van der Waals surface area contributed by atoms with Gasteiger partial charge in [-0.15, -0.1) is 0 Å². The van der Waals surface area contributed by atoms with Gasteiger partial charge >= 0.3 is 18.8 Å². The number of halogens is 2. The summed E-state index contributed by atoms with van der Waals surface area (Å²) in [5.74, 6) is -3.20. The number of alkyl halides is 2. The topological polar surface area (TPSA) is 187 Å². The molecule has 0 aliphatic carbocycles. The molecule has 224 valence electrons. The van der Waals surface area contributed by atoms with Crippen molar-refractivity contribution in [1.29, 1.82) is 0 Å². The molecular formula is C25H31F2N5O9. The number of methoxy groups -OCH3 is 1. The molecule has 2 aromatic rings. The van der Waals surface area contributed by atoms with E-state index in [1.165, 1.54) is 25.0 Å². The number of piperazine rings is 1. The zero-order chi connectivity index (χ0) is 30.6. The molecule has 1 fully saturated rings. The van der Waals surface area contributed by atoms with Crippen LogP contribution in [-0.4, -0.2) is 88.9 Å². The molecule has 4 amide bonds. The van der Waals surface area contributed by atoms with Gasteiger partial charge in [-0.2, -0.15) is 8.78 Å². The lowest BCUT2D eigenvalue weighted by Crippen LogP contribution is -2.61. The van der Waals surface area contributed by atoms with E-state index in [0.717, 1.165) is 17.0 Å². The summed E-state index contributed by atoms with van der Waals surface area (Å²) in [5.41, 5.74) is 4.48. The number of benzene rings is 1. The fourth-order valence-electron chi connectivity index (χ4n) is 4.00. The minimum absolute atomic E-state index is 0.0212. The molecule has 0 bridgehead atoms. The molecule has 1 aliphatic heterocycles. The van der Waals surface area contributed by atoms with E-state index in [4.69, 9.17) is 19.6 Å². The number of oxazole rings is 1. The Morgan fingerprint density at radius 3 is 2.46 bits per heavy atom. The molecule has 1 unspecified atom stereocenters. The van der Waals surface area contributed by atoms with E-state index in [2.05, 4.69) is 15.0 Å². The normalized spacial score (nSPS) is 16.2. The Hall–Kier alpha value is -4.63. The number of nitrogens with zero attached hydrogens (tertiary/aromatic N) is 3. The number of aromatic nitrogens is 1. The van der Waals surface area contributed by atoms with Crippen LogP contribution in [0.4, 0.5) is 18.4 Å². The van der Waals surface area contributed by atoms with E-state index in [0.29, 0.717) is 0 Å². The van der Waals surface area contributed by atoms with E-state index in [1.807, 2.05) is 0 Å². The maximum atomic E-state index is 13.8. The number of rotatable bonds is 7. The summed E-state index contributed by atoms with van der Waals surface area (Å²) in [4.78, 5) is 57.0. The molecule has 2 heterocycles. The third kappa shape index (κ3) is 7.52. The van der Waals surface area contributed by atoms with Crippen molar-refractivity contribution in [2.24, 2.45) is 5.73 Å². The first-order chi connectivity index (χ1) is 19.1. The van der Waals surface area contributed by atoms with Crippen molar-refractivity contribution in [3.8, 4) is 23.0 Å². The average Bonchev–Trinajstić information content (AvgIpc) is 3.33. The molecule has 3 rings (SSSR count). The maximum Gasteiger partial charge on any atom is 0.409 e. The first-order valence-corrected chi connectivity index (χ1v) is 12.3. The summed E-state index contributed by atoms with van der Waals surface area (Å²) in [7, 11) is 1.17. The van der Waals surface area contributed by atoms with Gasteiger partial charge in [0.15, 0.2) is 23.0 Å². The first-order valence-electron chi connectivity index (χ1n) is 12.3. The number of ether oxygens (including phenoxy) is 3. The molecule has 2 atom stereocenters. The fraction of sp³-hybridized carbons (Fsp3) is 0.480.